The first-order chi connectivity index (χ1) is 9.20. The van der Waals surface area contributed by atoms with Crippen LogP contribution in [0.1, 0.15) is 23.1 Å². The van der Waals surface area contributed by atoms with Crippen LogP contribution in [0.2, 0.25) is 0 Å². The molecular formula is C16H18Cl2S. The van der Waals surface area contributed by atoms with E-state index in [1.165, 1.54) is 16.7 Å². The van der Waals surface area contributed by atoms with E-state index in [9.17, 15) is 0 Å². The lowest BCUT2D eigenvalue weighted by atomic mass is 9.79. The average molecular weight is 313 g/mol. The van der Waals surface area contributed by atoms with Crippen LogP contribution in [0.25, 0.3) is 0 Å². The van der Waals surface area contributed by atoms with Gasteiger partial charge in [0.2, 0.25) is 0 Å². The molecule has 0 aliphatic heterocycles. The summed E-state index contributed by atoms with van der Waals surface area (Å²) in [7, 11) is 0. The molecule has 0 N–H and O–H groups in total. The zero-order valence-electron chi connectivity index (χ0n) is 11.0. The van der Waals surface area contributed by atoms with E-state index >= 15 is 0 Å². The number of alkyl halides is 2. The topological polar surface area (TPSA) is 0 Å². The van der Waals surface area contributed by atoms with E-state index in [2.05, 4.69) is 48.0 Å². The Kier molecular flexibility index (Phi) is 5.32. The van der Waals surface area contributed by atoms with E-state index in [1.54, 1.807) is 11.3 Å². The largest absolute Gasteiger partial charge is 0.152 e. The number of halogens is 2. The van der Waals surface area contributed by atoms with Gasteiger partial charge in [-0.05, 0) is 47.7 Å². The van der Waals surface area contributed by atoms with Gasteiger partial charge in [-0.15, -0.1) is 23.2 Å². The van der Waals surface area contributed by atoms with Gasteiger partial charge < -0.3 is 0 Å². The van der Waals surface area contributed by atoms with Crippen LogP contribution in [0.3, 0.4) is 0 Å². The molecule has 1 aromatic carbocycles. The van der Waals surface area contributed by atoms with Crippen LogP contribution in [0.4, 0.5) is 0 Å². The van der Waals surface area contributed by atoms with E-state index < -0.39 is 0 Å². The van der Waals surface area contributed by atoms with Crippen molar-refractivity contribution in [1.82, 2.24) is 0 Å². The molecule has 0 aliphatic rings. The number of aryl methyl sites for hydroxylation is 2. The van der Waals surface area contributed by atoms with Crippen LogP contribution in [0, 0.1) is 6.92 Å². The lowest BCUT2D eigenvalue weighted by Gasteiger charge is -2.30. The van der Waals surface area contributed by atoms with Crippen molar-refractivity contribution in [2.75, 3.05) is 11.8 Å². The predicted molar refractivity (Wildman–Crippen MR) is 86.9 cm³/mol. The Morgan fingerprint density at radius 1 is 1.16 bits per heavy atom. The van der Waals surface area contributed by atoms with Gasteiger partial charge in [-0.2, -0.15) is 11.3 Å². The number of thiophene rings is 1. The SMILES string of the molecule is Cc1cccc(C(CCl)(CCl)CCc2ccsc2)c1. The second-order valence-electron chi connectivity index (χ2n) is 5.05. The van der Waals surface area contributed by atoms with Crippen molar-refractivity contribution in [2.45, 2.75) is 25.2 Å². The normalized spacial score (nSPS) is 11.7. The molecule has 0 spiro atoms. The summed E-state index contributed by atoms with van der Waals surface area (Å²) in [6, 6.07) is 10.7. The molecule has 0 saturated carbocycles. The van der Waals surface area contributed by atoms with Crippen molar-refractivity contribution in [3.05, 3.63) is 57.8 Å². The summed E-state index contributed by atoms with van der Waals surface area (Å²) in [5.41, 5.74) is 3.76. The van der Waals surface area contributed by atoms with Gasteiger partial charge in [0.1, 0.15) is 0 Å². The molecule has 0 unspecified atom stereocenters. The second kappa shape index (κ2) is 6.78. The Bertz CT molecular complexity index is 501. The van der Waals surface area contributed by atoms with Gasteiger partial charge in [0.05, 0.1) is 0 Å². The molecule has 0 bridgehead atoms. The average Bonchev–Trinajstić information content (AvgIpc) is 2.94. The number of hydrogen-bond acceptors (Lipinski definition) is 1. The van der Waals surface area contributed by atoms with Crippen LogP contribution < -0.4 is 0 Å². The van der Waals surface area contributed by atoms with Gasteiger partial charge in [0, 0.05) is 17.2 Å². The molecule has 3 heteroatoms. The van der Waals surface area contributed by atoms with Crippen LogP contribution in [0.5, 0.6) is 0 Å². The third kappa shape index (κ3) is 3.53. The Morgan fingerprint density at radius 2 is 1.95 bits per heavy atom. The summed E-state index contributed by atoms with van der Waals surface area (Å²) in [5, 5.41) is 4.31. The molecule has 0 fully saturated rings. The van der Waals surface area contributed by atoms with Gasteiger partial charge in [-0.1, -0.05) is 29.8 Å². The fourth-order valence-electron chi connectivity index (χ4n) is 2.26. The molecule has 0 aliphatic carbocycles. The van der Waals surface area contributed by atoms with E-state index in [1.807, 2.05) is 0 Å². The molecule has 102 valence electrons. The maximum atomic E-state index is 6.27. The van der Waals surface area contributed by atoms with E-state index in [0.29, 0.717) is 11.8 Å². The minimum absolute atomic E-state index is 0.128. The highest BCUT2D eigenvalue weighted by Crippen LogP contribution is 2.33. The highest BCUT2D eigenvalue weighted by Gasteiger charge is 2.30. The maximum Gasteiger partial charge on any atom is 0.0332 e. The van der Waals surface area contributed by atoms with Crippen molar-refractivity contribution in [3.63, 3.8) is 0 Å². The van der Waals surface area contributed by atoms with Crippen molar-refractivity contribution >= 4 is 34.5 Å². The molecule has 1 aromatic heterocycles. The predicted octanol–water partition coefficient (Wildman–Crippen LogP) is 5.40. The summed E-state index contributed by atoms with van der Waals surface area (Å²) in [6.45, 7) is 2.11. The van der Waals surface area contributed by atoms with Crippen molar-refractivity contribution in [3.8, 4) is 0 Å². The fraction of sp³-hybridized carbons (Fsp3) is 0.375. The molecule has 2 aromatic rings. The third-order valence-electron chi connectivity index (χ3n) is 3.61. The summed E-state index contributed by atoms with van der Waals surface area (Å²) >= 11 is 14.3. The minimum atomic E-state index is -0.128. The van der Waals surface area contributed by atoms with Crippen LogP contribution in [0.15, 0.2) is 41.1 Å². The molecule has 0 radical (unpaired) electrons. The summed E-state index contributed by atoms with van der Waals surface area (Å²) in [6.07, 6.45) is 2.01. The van der Waals surface area contributed by atoms with Gasteiger partial charge >= 0.3 is 0 Å². The first-order valence-corrected chi connectivity index (χ1v) is 8.41. The molecule has 1 heterocycles. The zero-order valence-corrected chi connectivity index (χ0v) is 13.4. The summed E-state index contributed by atoms with van der Waals surface area (Å²) in [5.74, 6) is 1.12. The van der Waals surface area contributed by atoms with Gasteiger partial charge in [0.25, 0.3) is 0 Å². The van der Waals surface area contributed by atoms with Crippen LogP contribution in [-0.2, 0) is 11.8 Å². The number of benzene rings is 1. The molecule has 2 rings (SSSR count). The Hall–Kier alpha value is -0.500. The van der Waals surface area contributed by atoms with E-state index in [0.717, 1.165) is 12.8 Å². The van der Waals surface area contributed by atoms with Gasteiger partial charge in [-0.3, -0.25) is 0 Å². The number of rotatable bonds is 6. The monoisotopic (exact) mass is 312 g/mol. The standard InChI is InChI=1S/C16H18Cl2S/c1-13-3-2-4-15(9-13)16(11-17,12-18)7-5-14-6-8-19-10-14/h2-4,6,8-10H,5,7,11-12H2,1H3. The lowest BCUT2D eigenvalue weighted by molar-refractivity contribution is 0.492. The van der Waals surface area contributed by atoms with Crippen molar-refractivity contribution in [2.24, 2.45) is 0 Å². The quantitative estimate of drug-likeness (QED) is 0.626. The summed E-state index contributed by atoms with van der Waals surface area (Å²) < 4.78 is 0. The van der Waals surface area contributed by atoms with Crippen LogP contribution >= 0.6 is 34.5 Å². The lowest BCUT2D eigenvalue weighted by Crippen LogP contribution is -2.31. The number of hydrogen-bond donors (Lipinski definition) is 0. The molecule has 0 atom stereocenters. The smallest absolute Gasteiger partial charge is 0.0332 e. The first kappa shape index (κ1) is 14.9. The van der Waals surface area contributed by atoms with Crippen LogP contribution in [-0.4, -0.2) is 11.8 Å². The van der Waals surface area contributed by atoms with E-state index in [-0.39, 0.29) is 5.41 Å². The zero-order chi connectivity index (χ0) is 13.7. The van der Waals surface area contributed by atoms with Gasteiger partial charge in [0.15, 0.2) is 0 Å². The Balaban J connectivity index is 2.21. The molecule has 0 amide bonds. The molecule has 19 heavy (non-hydrogen) atoms. The second-order valence-corrected chi connectivity index (χ2v) is 6.36. The highest BCUT2D eigenvalue weighted by atomic mass is 35.5. The van der Waals surface area contributed by atoms with Gasteiger partial charge in [-0.25, -0.2) is 0 Å². The Morgan fingerprint density at radius 3 is 2.53 bits per heavy atom. The first-order valence-electron chi connectivity index (χ1n) is 6.40. The maximum absolute atomic E-state index is 6.27. The van der Waals surface area contributed by atoms with Crippen molar-refractivity contribution < 1.29 is 0 Å². The Labute approximate surface area is 129 Å². The third-order valence-corrected chi connectivity index (χ3v) is 5.37. The van der Waals surface area contributed by atoms with E-state index in [4.69, 9.17) is 23.2 Å². The minimum Gasteiger partial charge on any atom is -0.152 e. The summed E-state index contributed by atoms with van der Waals surface area (Å²) in [4.78, 5) is 0. The molecular weight excluding hydrogens is 295 g/mol. The fourth-order valence-corrected chi connectivity index (χ4v) is 3.83. The highest BCUT2D eigenvalue weighted by molar-refractivity contribution is 7.07. The molecule has 0 nitrogen and oxygen atoms in total. The molecule has 0 saturated heterocycles. The van der Waals surface area contributed by atoms with Crippen molar-refractivity contribution in [1.29, 1.82) is 0 Å².